The van der Waals surface area contributed by atoms with Crippen molar-refractivity contribution >= 4 is 0 Å². The van der Waals surface area contributed by atoms with E-state index in [0.717, 1.165) is 25.3 Å². The third kappa shape index (κ3) is 3.23. The standard InChI is InChI=1S/C14H20N2O2/c1-3-5-8-16(4-2)10-12-11-18-14(15-12)13-7-6-9-17-13/h6-7,9,11H,3-5,8,10H2,1-2H3. The summed E-state index contributed by atoms with van der Waals surface area (Å²) in [5.41, 5.74) is 0.958. The van der Waals surface area contributed by atoms with Crippen LogP contribution >= 0.6 is 0 Å². The van der Waals surface area contributed by atoms with Crippen LogP contribution in [0.15, 0.2) is 33.5 Å². The SMILES string of the molecule is CCCCN(CC)Cc1coc(-c2ccco2)n1. The van der Waals surface area contributed by atoms with Crippen molar-refractivity contribution in [1.29, 1.82) is 0 Å². The lowest BCUT2D eigenvalue weighted by Gasteiger charge is -2.18. The summed E-state index contributed by atoms with van der Waals surface area (Å²) in [6, 6.07) is 3.68. The van der Waals surface area contributed by atoms with Crippen molar-refractivity contribution in [2.24, 2.45) is 0 Å². The summed E-state index contributed by atoms with van der Waals surface area (Å²) in [4.78, 5) is 6.81. The molecule has 2 aromatic heterocycles. The van der Waals surface area contributed by atoms with E-state index >= 15 is 0 Å². The van der Waals surface area contributed by atoms with E-state index in [1.54, 1.807) is 12.5 Å². The molecule has 0 aliphatic heterocycles. The van der Waals surface area contributed by atoms with Gasteiger partial charge >= 0.3 is 0 Å². The maximum absolute atomic E-state index is 5.43. The van der Waals surface area contributed by atoms with Crippen LogP contribution in [-0.2, 0) is 6.54 Å². The maximum atomic E-state index is 5.43. The quantitative estimate of drug-likeness (QED) is 0.751. The Hall–Kier alpha value is -1.55. The second-order valence-electron chi connectivity index (χ2n) is 4.34. The maximum Gasteiger partial charge on any atom is 0.263 e. The summed E-state index contributed by atoms with van der Waals surface area (Å²) in [5, 5.41) is 0. The van der Waals surface area contributed by atoms with E-state index in [4.69, 9.17) is 8.83 Å². The molecule has 4 nitrogen and oxygen atoms in total. The van der Waals surface area contributed by atoms with Crippen molar-refractivity contribution in [3.8, 4) is 11.7 Å². The van der Waals surface area contributed by atoms with Gasteiger partial charge in [0.25, 0.3) is 5.89 Å². The third-order valence-corrected chi connectivity index (χ3v) is 2.94. The number of oxazole rings is 1. The Morgan fingerprint density at radius 2 is 2.17 bits per heavy atom. The van der Waals surface area contributed by atoms with E-state index in [9.17, 15) is 0 Å². The zero-order valence-corrected chi connectivity index (χ0v) is 11.1. The van der Waals surface area contributed by atoms with Crippen molar-refractivity contribution in [3.63, 3.8) is 0 Å². The molecule has 0 spiro atoms. The molecular weight excluding hydrogens is 228 g/mol. The zero-order chi connectivity index (χ0) is 12.8. The molecule has 2 rings (SSSR count). The van der Waals surface area contributed by atoms with Crippen LogP contribution < -0.4 is 0 Å². The Bertz CT molecular complexity index is 448. The van der Waals surface area contributed by atoms with Gasteiger partial charge in [0.15, 0.2) is 5.76 Å². The smallest absolute Gasteiger partial charge is 0.263 e. The van der Waals surface area contributed by atoms with Crippen LogP contribution in [0.25, 0.3) is 11.7 Å². The molecule has 4 heteroatoms. The molecule has 2 aromatic rings. The van der Waals surface area contributed by atoms with Crippen molar-refractivity contribution in [3.05, 3.63) is 30.4 Å². The molecule has 0 N–H and O–H groups in total. The van der Waals surface area contributed by atoms with Gasteiger partial charge in [-0.15, -0.1) is 0 Å². The predicted octanol–water partition coefficient (Wildman–Crippen LogP) is 3.56. The number of furan rings is 1. The summed E-state index contributed by atoms with van der Waals surface area (Å²) in [7, 11) is 0. The monoisotopic (exact) mass is 248 g/mol. The van der Waals surface area contributed by atoms with Gasteiger partial charge in [0, 0.05) is 6.54 Å². The number of aromatic nitrogens is 1. The van der Waals surface area contributed by atoms with Crippen LogP contribution in [-0.4, -0.2) is 23.0 Å². The first kappa shape index (κ1) is 12.9. The van der Waals surface area contributed by atoms with Crippen LogP contribution in [0.2, 0.25) is 0 Å². The van der Waals surface area contributed by atoms with Crippen molar-refractivity contribution in [2.75, 3.05) is 13.1 Å². The molecule has 18 heavy (non-hydrogen) atoms. The van der Waals surface area contributed by atoms with E-state index in [2.05, 4.69) is 23.7 Å². The number of unbranched alkanes of at least 4 members (excludes halogenated alkanes) is 1. The molecule has 0 atom stereocenters. The normalized spacial score (nSPS) is 11.3. The fourth-order valence-electron chi connectivity index (χ4n) is 1.85. The molecule has 0 amide bonds. The lowest BCUT2D eigenvalue weighted by molar-refractivity contribution is 0.272. The fourth-order valence-corrected chi connectivity index (χ4v) is 1.85. The van der Waals surface area contributed by atoms with Gasteiger partial charge < -0.3 is 8.83 Å². The highest BCUT2D eigenvalue weighted by Crippen LogP contribution is 2.19. The highest BCUT2D eigenvalue weighted by Gasteiger charge is 2.11. The van der Waals surface area contributed by atoms with Crippen LogP contribution in [0.5, 0.6) is 0 Å². The van der Waals surface area contributed by atoms with Gasteiger partial charge in [-0.05, 0) is 31.6 Å². The Balaban J connectivity index is 1.97. The summed E-state index contributed by atoms with van der Waals surface area (Å²) >= 11 is 0. The number of hydrogen-bond acceptors (Lipinski definition) is 4. The van der Waals surface area contributed by atoms with Gasteiger partial charge in [0.1, 0.15) is 6.26 Å². The largest absolute Gasteiger partial charge is 0.459 e. The van der Waals surface area contributed by atoms with Gasteiger partial charge in [-0.3, -0.25) is 4.90 Å². The second-order valence-corrected chi connectivity index (χ2v) is 4.34. The summed E-state index contributed by atoms with van der Waals surface area (Å²) < 4.78 is 10.7. The minimum Gasteiger partial charge on any atom is -0.459 e. The van der Waals surface area contributed by atoms with Crippen LogP contribution in [0.1, 0.15) is 32.4 Å². The molecule has 2 heterocycles. The minimum atomic E-state index is 0.557. The average Bonchev–Trinajstić information content (AvgIpc) is 3.04. The zero-order valence-electron chi connectivity index (χ0n) is 11.1. The lowest BCUT2D eigenvalue weighted by Crippen LogP contribution is -2.24. The second kappa shape index (κ2) is 6.40. The Labute approximate surface area is 108 Å². The molecule has 0 saturated carbocycles. The number of nitrogens with zero attached hydrogens (tertiary/aromatic N) is 2. The average molecular weight is 248 g/mol. The van der Waals surface area contributed by atoms with E-state index < -0.39 is 0 Å². The summed E-state index contributed by atoms with van der Waals surface area (Å²) in [6.45, 7) is 7.35. The van der Waals surface area contributed by atoms with Crippen molar-refractivity contribution in [1.82, 2.24) is 9.88 Å². The molecular formula is C14H20N2O2. The third-order valence-electron chi connectivity index (χ3n) is 2.94. The molecule has 0 saturated heterocycles. The topological polar surface area (TPSA) is 42.4 Å². The van der Waals surface area contributed by atoms with Crippen LogP contribution in [0, 0.1) is 0 Å². The molecule has 98 valence electrons. The highest BCUT2D eigenvalue weighted by atomic mass is 16.4. The van der Waals surface area contributed by atoms with E-state index in [1.165, 1.54) is 12.8 Å². The van der Waals surface area contributed by atoms with E-state index in [0.29, 0.717) is 11.7 Å². The molecule has 0 aliphatic rings. The molecule has 0 aliphatic carbocycles. The van der Waals surface area contributed by atoms with Crippen molar-refractivity contribution in [2.45, 2.75) is 33.2 Å². The van der Waals surface area contributed by atoms with Crippen LogP contribution in [0.4, 0.5) is 0 Å². The first-order chi connectivity index (χ1) is 8.83. The number of hydrogen-bond donors (Lipinski definition) is 0. The summed E-state index contributed by atoms with van der Waals surface area (Å²) in [6.07, 6.45) is 5.77. The first-order valence-corrected chi connectivity index (χ1v) is 6.54. The van der Waals surface area contributed by atoms with Gasteiger partial charge in [-0.25, -0.2) is 4.98 Å². The van der Waals surface area contributed by atoms with Gasteiger partial charge in [0.2, 0.25) is 0 Å². The summed E-state index contributed by atoms with van der Waals surface area (Å²) in [5.74, 6) is 1.24. The lowest BCUT2D eigenvalue weighted by atomic mass is 10.3. The van der Waals surface area contributed by atoms with Crippen LogP contribution in [0.3, 0.4) is 0 Å². The highest BCUT2D eigenvalue weighted by molar-refractivity contribution is 5.43. The molecule has 0 unspecified atom stereocenters. The predicted molar refractivity (Wildman–Crippen MR) is 70.1 cm³/mol. The van der Waals surface area contributed by atoms with E-state index in [1.807, 2.05) is 12.1 Å². The van der Waals surface area contributed by atoms with E-state index in [-0.39, 0.29) is 0 Å². The Morgan fingerprint density at radius 1 is 1.28 bits per heavy atom. The molecule has 0 fully saturated rings. The number of rotatable bonds is 7. The van der Waals surface area contributed by atoms with Gasteiger partial charge in [-0.2, -0.15) is 0 Å². The Morgan fingerprint density at radius 3 is 2.83 bits per heavy atom. The molecule has 0 radical (unpaired) electrons. The molecule has 0 bridgehead atoms. The van der Waals surface area contributed by atoms with Gasteiger partial charge in [0.05, 0.1) is 12.0 Å². The molecule has 0 aromatic carbocycles. The fraction of sp³-hybridized carbons (Fsp3) is 0.500. The first-order valence-electron chi connectivity index (χ1n) is 6.54. The van der Waals surface area contributed by atoms with Crippen molar-refractivity contribution < 1.29 is 8.83 Å². The minimum absolute atomic E-state index is 0.557. The van der Waals surface area contributed by atoms with Gasteiger partial charge in [-0.1, -0.05) is 20.3 Å². The Kier molecular flexibility index (Phi) is 4.59.